The lowest BCUT2D eigenvalue weighted by Gasteiger charge is -2.11. The van der Waals surface area contributed by atoms with Crippen LogP contribution in [0.15, 0.2) is 12.7 Å². The molecule has 0 aliphatic heterocycles. The van der Waals surface area contributed by atoms with E-state index in [1.165, 1.54) is 0 Å². The Labute approximate surface area is 75.0 Å². The first-order valence-corrected chi connectivity index (χ1v) is 3.48. The number of primary amides is 2. The highest BCUT2D eigenvalue weighted by Crippen LogP contribution is 1.89. The molecule has 0 unspecified atom stereocenters. The molecule has 0 bridgehead atoms. The van der Waals surface area contributed by atoms with E-state index in [0.717, 1.165) is 6.08 Å². The van der Waals surface area contributed by atoms with Gasteiger partial charge in [-0.3, -0.25) is 14.4 Å². The molecule has 0 fully saturated rings. The molecule has 0 rings (SSSR count). The maximum atomic E-state index is 10.7. The molecule has 6 heteroatoms. The SMILES string of the molecule is C=CC(=O)N[C@@H](CC(N)=O)C(N)=O. The van der Waals surface area contributed by atoms with Gasteiger partial charge >= 0.3 is 0 Å². The summed E-state index contributed by atoms with van der Waals surface area (Å²) in [6.45, 7) is 3.17. The fraction of sp³-hybridized carbons (Fsp3) is 0.286. The highest BCUT2D eigenvalue weighted by atomic mass is 16.2. The van der Waals surface area contributed by atoms with Gasteiger partial charge in [-0.25, -0.2) is 0 Å². The van der Waals surface area contributed by atoms with E-state index >= 15 is 0 Å². The van der Waals surface area contributed by atoms with Crippen molar-refractivity contribution in [3.8, 4) is 0 Å². The van der Waals surface area contributed by atoms with E-state index in [2.05, 4.69) is 11.9 Å². The molecular weight excluding hydrogens is 174 g/mol. The number of carbonyl (C=O) groups is 3. The van der Waals surface area contributed by atoms with Crippen molar-refractivity contribution in [2.45, 2.75) is 12.5 Å². The first-order chi connectivity index (χ1) is 5.97. The van der Waals surface area contributed by atoms with Crippen molar-refractivity contribution < 1.29 is 14.4 Å². The molecule has 0 saturated heterocycles. The van der Waals surface area contributed by atoms with E-state index in [9.17, 15) is 14.4 Å². The van der Waals surface area contributed by atoms with Crippen molar-refractivity contribution in [2.75, 3.05) is 0 Å². The molecule has 13 heavy (non-hydrogen) atoms. The predicted octanol–water partition coefficient (Wildman–Crippen LogP) is -1.98. The van der Waals surface area contributed by atoms with Gasteiger partial charge < -0.3 is 16.8 Å². The Kier molecular flexibility index (Phi) is 4.21. The fourth-order valence-corrected chi connectivity index (χ4v) is 0.655. The highest BCUT2D eigenvalue weighted by molar-refractivity contribution is 5.94. The molecule has 6 nitrogen and oxygen atoms in total. The summed E-state index contributed by atoms with van der Waals surface area (Å²) < 4.78 is 0. The van der Waals surface area contributed by atoms with Gasteiger partial charge in [-0.15, -0.1) is 0 Å². The van der Waals surface area contributed by atoms with Gasteiger partial charge in [0, 0.05) is 0 Å². The van der Waals surface area contributed by atoms with Gasteiger partial charge in [-0.1, -0.05) is 6.58 Å². The number of hydrogen-bond acceptors (Lipinski definition) is 3. The van der Waals surface area contributed by atoms with Gasteiger partial charge in [0.2, 0.25) is 17.7 Å². The summed E-state index contributed by atoms with van der Waals surface area (Å²) in [6, 6.07) is -1.07. The minimum Gasteiger partial charge on any atom is -0.370 e. The molecule has 0 aromatic carbocycles. The molecule has 0 heterocycles. The molecule has 72 valence electrons. The molecule has 0 aliphatic carbocycles. The summed E-state index contributed by atoms with van der Waals surface area (Å²) in [7, 11) is 0. The zero-order valence-electron chi connectivity index (χ0n) is 6.95. The maximum Gasteiger partial charge on any atom is 0.244 e. The molecule has 1 atom stereocenters. The van der Waals surface area contributed by atoms with Crippen molar-refractivity contribution in [3.63, 3.8) is 0 Å². The van der Waals surface area contributed by atoms with Crippen LogP contribution >= 0.6 is 0 Å². The van der Waals surface area contributed by atoms with E-state index < -0.39 is 23.8 Å². The summed E-state index contributed by atoms with van der Waals surface area (Å²) >= 11 is 0. The van der Waals surface area contributed by atoms with Gasteiger partial charge in [0.15, 0.2) is 0 Å². The number of nitrogens with two attached hydrogens (primary N) is 2. The first-order valence-electron chi connectivity index (χ1n) is 3.48. The van der Waals surface area contributed by atoms with Crippen LogP contribution in [-0.4, -0.2) is 23.8 Å². The first kappa shape index (κ1) is 11.2. The maximum absolute atomic E-state index is 10.7. The van der Waals surface area contributed by atoms with Gasteiger partial charge in [-0.2, -0.15) is 0 Å². The van der Waals surface area contributed by atoms with Crippen LogP contribution in [0.2, 0.25) is 0 Å². The van der Waals surface area contributed by atoms with Crippen LogP contribution in [0.5, 0.6) is 0 Å². The summed E-state index contributed by atoms with van der Waals surface area (Å²) in [6.07, 6.45) is 0.659. The Bertz CT molecular complexity index is 249. The van der Waals surface area contributed by atoms with Gasteiger partial charge in [0.05, 0.1) is 6.42 Å². The highest BCUT2D eigenvalue weighted by Gasteiger charge is 2.18. The monoisotopic (exact) mass is 185 g/mol. The number of hydrogen-bond donors (Lipinski definition) is 3. The number of carbonyl (C=O) groups excluding carboxylic acids is 3. The van der Waals surface area contributed by atoms with Gasteiger partial charge in [-0.05, 0) is 6.08 Å². The molecule has 5 N–H and O–H groups in total. The van der Waals surface area contributed by atoms with Crippen LogP contribution in [0.4, 0.5) is 0 Å². The van der Waals surface area contributed by atoms with Crippen LogP contribution in [0.1, 0.15) is 6.42 Å². The number of rotatable bonds is 5. The second-order valence-electron chi connectivity index (χ2n) is 2.34. The zero-order chi connectivity index (χ0) is 10.4. The van der Waals surface area contributed by atoms with E-state index in [1.54, 1.807) is 0 Å². The smallest absolute Gasteiger partial charge is 0.244 e. The molecule has 0 aliphatic rings. The topological polar surface area (TPSA) is 115 Å². The van der Waals surface area contributed by atoms with Crippen molar-refractivity contribution in [2.24, 2.45) is 11.5 Å². The summed E-state index contributed by atoms with van der Waals surface area (Å²) in [4.78, 5) is 31.8. The number of nitrogens with one attached hydrogen (secondary N) is 1. The molecular formula is C7H11N3O3. The largest absolute Gasteiger partial charge is 0.370 e. The Morgan fingerprint density at radius 1 is 1.38 bits per heavy atom. The van der Waals surface area contributed by atoms with Crippen molar-refractivity contribution >= 4 is 17.7 Å². The zero-order valence-corrected chi connectivity index (χ0v) is 6.95. The van der Waals surface area contributed by atoms with Gasteiger partial charge in [0.25, 0.3) is 0 Å². The van der Waals surface area contributed by atoms with Crippen LogP contribution in [0, 0.1) is 0 Å². The third-order valence-electron chi connectivity index (χ3n) is 1.25. The average molecular weight is 185 g/mol. The summed E-state index contributed by atoms with van der Waals surface area (Å²) in [5, 5.41) is 2.17. The lowest BCUT2D eigenvalue weighted by Crippen LogP contribution is -2.46. The minimum absolute atomic E-state index is 0.311. The molecule has 0 aromatic heterocycles. The van der Waals surface area contributed by atoms with E-state index in [1.807, 2.05) is 0 Å². The summed E-state index contributed by atoms with van der Waals surface area (Å²) in [5.74, 6) is -2.10. The Hall–Kier alpha value is -1.85. The van der Waals surface area contributed by atoms with Crippen LogP contribution < -0.4 is 16.8 Å². The Morgan fingerprint density at radius 2 is 1.92 bits per heavy atom. The molecule has 0 spiro atoms. The normalized spacial score (nSPS) is 11.4. The Balaban J connectivity index is 4.26. The lowest BCUT2D eigenvalue weighted by molar-refractivity contribution is -0.127. The van der Waals surface area contributed by atoms with Gasteiger partial charge in [0.1, 0.15) is 6.04 Å². The van der Waals surface area contributed by atoms with Crippen LogP contribution in [0.25, 0.3) is 0 Å². The third kappa shape index (κ3) is 4.57. The number of amides is 3. The third-order valence-corrected chi connectivity index (χ3v) is 1.25. The predicted molar refractivity (Wildman–Crippen MR) is 45.1 cm³/mol. The lowest BCUT2D eigenvalue weighted by atomic mass is 10.2. The van der Waals surface area contributed by atoms with Crippen molar-refractivity contribution in [1.82, 2.24) is 5.32 Å². The quantitative estimate of drug-likeness (QED) is 0.431. The second-order valence-corrected chi connectivity index (χ2v) is 2.34. The summed E-state index contributed by atoms with van der Waals surface area (Å²) in [5.41, 5.74) is 9.72. The van der Waals surface area contributed by atoms with E-state index in [-0.39, 0.29) is 6.42 Å². The standard InChI is InChI=1S/C7H11N3O3/c1-2-6(12)10-4(7(9)13)3-5(8)11/h2,4H,1,3H2,(H2,8,11)(H2,9,13)(H,10,12)/t4-/m0/s1. The van der Waals surface area contributed by atoms with E-state index in [4.69, 9.17) is 11.5 Å². The van der Waals surface area contributed by atoms with Crippen LogP contribution in [-0.2, 0) is 14.4 Å². The molecule has 0 saturated carbocycles. The Morgan fingerprint density at radius 3 is 2.23 bits per heavy atom. The molecule has 0 radical (unpaired) electrons. The van der Waals surface area contributed by atoms with Crippen molar-refractivity contribution in [1.29, 1.82) is 0 Å². The fourth-order valence-electron chi connectivity index (χ4n) is 0.655. The molecule has 0 aromatic rings. The van der Waals surface area contributed by atoms with E-state index in [0.29, 0.717) is 0 Å². The average Bonchev–Trinajstić information content (AvgIpc) is 2.02. The second kappa shape index (κ2) is 4.91. The minimum atomic E-state index is -1.07. The van der Waals surface area contributed by atoms with Crippen molar-refractivity contribution in [3.05, 3.63) is 12.7 Å². The molecule has 3 amide bonds. The van der Waals surface area contributed by atoms with Crippen LogP contribution in [0.3, 0.4) is 0 Å².